The number of methoxy groups -OCH3 is 1. The van der Waals surface area contributed by atoms with Crippen LogP contribution in [0.3, 0.4) is 0 Å². The average Bonchev–Trinajstić information content (AvgIpc) is 2.19. The van der Waals surface area contributed by atoms with Crippen LogP contribution in [-0.4, -0.2) is 21.3 Å². The Morgan fingerprint density at radius 1 is 1.44 bits per heavy atom. The Bertz CT molecular complexity index is 488. The van der Waals surface area contributed by atoms with Crippen molar-refractivity contribution < 1.29 is 21.4 Å². The zero-order chi connectivity index (χ0) is 12.3. The largest absolute Gasteiger partial charge is 0.496 e. The Morgan fingerprint density at radius 2 is 2.06 bits per heavy atom. The highest BCUT2D eigenvalue weighted by Gasteiger charge is 2.16. The van der Waals surface area contributed by atoms with Gasteiger partial charge in [-0.2, -0.15) is 8.42 Å². The van der Waals surface area contributed by atoms with E-state index in [0.717, 1.165) is 6.07 Å². The van der Waals surface area contributed by atoms with Gasteiger partial charge in [-0.25, -0.2) is 4.39 Å². The molecular weight excluding hydrogens is 262 g/mol. The maximum absolute atomic E-state index is 13.1. The van der Waals surface area contributed by atoms with Crippen LogP contribution in [0.1, 0.15) is 5.56 Å². The third-order valence-corrected chi connectivity index (χ3v) is 3.07. The molecule has 0 bridgehead atoms. The molecule has 0 atom stereocenters. The SMILES string of the molecule is COc1ccc(F)c(Cl)c1CCS(=O)(=O)F. The first-order valence-corrected chi connectivity index (χ1v) is 6.21. The van der Waals surface area contributed by atoms with Crippen LogP contribution in [-0.2, 0) is 16.6 Å². The van der Waals surface area contributed by atoms with Crippen molar-refractivity contribution >= 4 is 21.8 Å². The number of ether oxygens (including phenoxy) is 1. The second kappa shape index (κ2) is 4.97. The first kappa shape index (κ1) is 13.2. The minimum Gasteiger partial charge on any atom is -0.496 e. The van der Waals surface area contributed by atoms with Gasteiger partial charge in [-0.05, 0) is 18.6 Å². The molecule has 0 aromatic heterocycles. The van der Waals surface area contributed by atoms with E-state index < -0.39 is 21.8 Å². The van der Waals surface area contributed by atoms with Crippen LogP contribution >= 0.6 is 11.6 Å². The standard InChI is InChI=1S/C9H9ClF2O3S/c1-15-8-3-2-7(11)9(10)6(8)4-5-16(12,13)14/h2-3H,4-5H2,1H3. The molecule has 0 saturated carbocycles. The summed E-state index contributed by atoms with van der Waals surface area (Å²) in [5, 5.41) is -0.247. The van der Waals surface area contributed by atoms with Gasteiger partial charge in [0.25, 0.3) is 0 Å². The third kappa shape index (κ3) is 3.31. The molecule has 90 valence electrons. The summed E-state index contributed by atoms with van der Waals surface area (Å²) in [6, 6.07) is 2.40. The molecule has 1 rings (SSSR count). The molecule has 0 aliphatic carbocycles. The number of halogens is 3. The molecule has 0 fully saturated rings. The molecule has 1 aromatic carbocycles. The summed E-state index contributed by atoms with van der Waals surface area (Å²) >= 11 is 5.63. The van der Waals surface area contributed by atoms with E-state index in [1.165, 1.54) is 13.2 Å². The molecule has 0 aliphatic rings. The van der Waals surface area contributed by atoms with E-state index >= 15 is 0 Å². The molecule has 0 radical (unpaired) electrons. The zero-order valence-electron chi connectivity index (χ0n) is 8.34. The van der Waals surface area contributed by atoms with Gasteiger partial charge in [0, 0.05) is 5.56 Å². The highest BCUT2D eigenvalue weighted by atomic mass is 35.5. The second-order valence-corrected chi connectivity index (χ2v) is 4.90. The van der Waals surface area contributed by atoms with Gasteiger partial charge in [0.1, 0.15) is 11.6 Å². The quantitative estimate of drug-likeness (QED) is 0.789. The highest BCUT2D eigenvalue weighted by Crippen LogP contribution is 2.29. The summed E-state index contributed by atoms with van der Waals surface area (Å²) in [6.45, 7) is 0. The fraction of sp³-hybridized carbons (Fsp3) is 0.333. The van der Waals surface area contributed by atoms with Gasteiger partial charge in [0.2, 0.25) is 0 Å². The Morgan fingerprint density at radius 3 is 2.56 bits per heavy atom. The van der Waals surface area contributed by atoms with Gasteiger partial charge >= 0.3 is 10.2 Å². The zero-order valence-corrected chi connectivity index (χ0v) is 9.91. The maximum Gasteiger partial charge on any atom is 0.302 e. The summed E-state index contributed by atoms with van der Waals surface area (Å²) in [7, 11) is -3.28. The predicted molar refractivity (Wildman–Crippen MR) is 56.6 cm³/mol. The Hall–Kier alpha value is -0.880. The molecule has 0 amide bonds. The lowest BCUT2D eigenvalue weighted by Crippen LogP contribution is -2.05. The van der Waals surface area contributed by atoms with Crippen molar-refractivity contribution in [2.24, 2.45) is 0 Å². The van der Waals surface area contributed by atoms with Gasteiger partial charge in [-0.3, -0.25) is 0 Å². The molecule has 0 spiro atoms. The normalized spacial score (nSPS) is 11.5. The monoisotopic (exact) mass is 270 g/mol. The van der Waals surface area contributed by atoms with E-state index in [9.17, 15) is 16.7 Å². The van der Waals surface area contributed by atoms with Crippen LogP contribution in [0.4, 0.5) is 8.28 Å². The second-order valence-electron chi connectivity index (χ2n) is 3.04. The van der Waals surface area contributed by atoms with E-state index in [1.54, 1.807) is 0 Å². The van der Waals surface area contributed by atoms with Crippen molar-refractivity contribution in [3.8, 4) is 5.75 Å². The number of benzene rings is 1. The van der Waals surface area contributed by atoms with E-state index in [2.05, 4.69) is 0 Å². The Balaban J connectivity index is 3.06. The number of rotatable bonds is 4. The summed E-state index contributed by atoms with van der Waals surface area (Å²) in [4.78, 5) is 0. The molecule has 16 heavy (non-hydrogen) atoms. The van der Waals surface area contributed by atoms with Gasteiger partial charge in [-0.1, -0.05) is 11.6 Å². The lowest BCUT2D eigenvalue weighted by atomic mass is 10.1. The fourth-order valence-corrected chi connectivity index (χ4v) is 1.92. The van der Waals surface area contributed by atoms with Crippen molar-refractivity contribution in [2.45, 2.75) is 6.42 Å². The van der Waals surface area contributed by atoms with E-state index in [-0.39, 0.29) is 22.8 Å². The maximum atomic E-state index is 13.1. The van der Waals surface area contributed by atoms with Crippen LogP contribution < -0.4 is 4.74 Å². The summed E-state index contributed by atoms with van der Waals surface area (Å²) < 4.78 is 51.0. The third-order valence-electron chi connectivity index (χ3n) is 1.97. The van der Waals surface area contributed by atoms with Gasteiger partial charge in [0.15, 0.2) is 0 Å². The molecule has 3 nitrogen and oxygen atoms in total. The molecule has 0 aliphatic heterocycles. The molecule has 0 N–H and O–H groups in total. The highest BCUT2D eigenvalue weighted by molar-refractivity contribution is 7.86. The minimum atomic E-state index is -4.61. The molecule has 0 heterocycles. The topological polar surface area (TPSA) is 43.4 Å². The van der Waals surface area contributed by atoms with Crippen LogP contribution in [0, 0.1) is 5.82 Å². The Labute approximate surface area is 97.2 Å². The number of hydrogen-bond acceptors (Lipinski definition) is 3. The molecule has 0 unspecified atom stereocenters. The van der Waals surface area contributed by atoms with E-state index in [0.29, 0.717) is 0 Å². The molecule has 1 aromatic rings. The van der Waals surface area contributed by atoms with Crippen molar-refractivity contribution in [1.82, 2.24) is 0 Å². The lowest BCUT2D eigenvalue weighted by Gasteiger charge is -2.09. The fourth-order valence-electron chi connectivity index (χ4n) is 1.22. The summed E-state index contributed by atoms with van der Waals surface area (Å²) in [5.41, 5.74) is 0.144. The first-order valence-electron chi connectivity index (χ1n) is 4.28. The van der Waals surface area contributed by atoms with E-state index in [1.807, 2.05) is 0 Å². The van der Waals surface area contributed by atoms with Crippen molar-refractivity contribution in [2.75, 3.05) is 12.9 Å². The van der Waals surface area contributed by atoms with Crippen LogP contribution in [0.15, 0.2) is 12.1 Å². The van der Waals surface area contributed by atoms with Crippen LogP contribution in [0.25, 0.3) is 0 Å². The van der Waals surface area contributed by atoms with Gasteiger partial charge in [-0.15, -0.1) is 3.89 Å². The molecule has 7 heteroatoms. The minimum absolute atomic E-state index is 0.144. The van der Waals surface area contributed by atoms with Crippen LogP contribution in [0.5, 0.6) is 5.75 Å². The average molecular weight is 271 g/mol. The lowest BCUT2D eigenvalue weighted by molar-refractivity contribution is 0.409. The number of hydrogen-bond donors (Lipinski definition) is 0. The first-order chi connectivity index (χ1) is 7.35. The molecular formula is C9H9ClF2O3S. The van der Waals surface area contributed by atoms with Gasteiger partial charge in [0.05, 0.1) is 17.9 Å². The van der Waals surface area contributed by atoms with Crippen molar-refractivity contribution in [1.29, 1.82) is 0 Å². The predicted octanol–water partition coefficient (Wildman–Crippen LogP) is 2.33. The van der Waals surface area contributed by atoms with Crippen molar-refractivity contribution in [3.63, 3.8) is 0 Å². The van der Waals surface area contributed by atoms with Crippen LogP contribution in [0.2, 0.25) is 5.02 Å². The Kier molecular flexibility index (Phi) is 4.09. The summed E-state index contributed by atoms with van der Waals surface area (Å²) in [6.07, 6.45) is -0.237. The van der Waals surface area contributed by atoms with Gasteiger partial charge < -0.3 is 4.74 Å². The van der Waals surface area contributed by atoms with Crippen molar-refractivity contribution in [3.05, 3.63) is 28.5 Å². The smallest absolute Gasteiger partial charge is 0.302 e. The van der Waals surface area contributed by atoms with E-state index in [4.69, 9.17) is 16.3 Å². The molecule has 0 saturated heterocycles. The summed E-state index contributed by atoms with van der Waals surface area (Å²) in [5.74, 6) is -1.23.